The molecule has 9 heterocycles. The normalized spacial score (nSPS) is 21.5. The van der Waals surface area contributed by atoms with Crippen molar-refractivity contribution in [2.75, 3.05) is 37.3 Å². The van der Waals surface area contributed by atoms with E-state index in [0.717, 1.165) is 51.4 Å². The summed E-state index contributed by atoms with van der Waals surface area (Å²) < 4.78 is 85.5. The van der Waals surface area contributed by atoms with Crippen molar-refractivity contribution in [3.05, 3.63) is 152 Å². The second-order valence-electron chi connectivity index (χ2n) is 27.2. The Hall–Kier alpha value is -8.49. The number of ether oxygens (including phenoxy) is 7. The Morgan fingerprint density at radius 2 is 0.808 bits per heavy atom. The van der Waals surface area contributed by atoms with Gasteiger partial charge >= 0.3 is 6.09 Å². The van der Waals surface area contributed by atoms with Crippen molar-refractivity contribution in [3.8, 4) is 34.5 Å². The summed E-state index contributed by atoms with van der Waals surface area (Å²) in [5.74, 6) is 2.48. The summed E-state index contributed by atoms with van der Waals surface area (Å²) >= 11 is 35.6. The summed E-state index contributed by atoms with van der Waals surface area (Å²) in [5, 5.41) is 14.4. The van der Waals surface area contributed by atoms with Crippen LogP contribution in [-0.4, -0.2) is 133 Å². The van der Waals surface area contributed by atoms with E-state index in [2.05, 4.69) is 57.7 Å². The summed E-state index contributed by atoms with van der Waals surface area (Å²) in [4.78, 5) is 54.8. The molecule has 2 amide bonds. The van der Waals surface area contributed by atoms with E-state index in [0.29, 0.717) is 110 Å². The molecule has 15 rings (SSSR count). The van der Waals surface area contributed by atoms with Crippen molar-refractivity contribution >= 4 is 149 Å². The number of nitrogens with zero attached hydrogens (tertiary/aromatic N) is 8. The quantitative estimate of drug-likeness (QED) is 0.0520. The molecule has 0 spiro atoms. The fraction of sp³-hybridized carbons (Fsp3) is 0.378. The first-order valence-electron chi connectivity index (χ1n) is 33.9. The first-order chi connectivity index (χ1) is 49.9. The van der Waals surface area contributed by atoms with E-state index in [1.165, 1.54) is 74.3 Å². The van der Waals surface area contributed by atoms with E-state index in [4.69, 9.17) is 103 Å². The highest BCUT2D eigenvalue weighted by molar-refractivity contribution is 6.43. The van der Waals surface area contributed by atoms with Gasteiger partial charge in [-0.2, -0.15) is 0 Å². The van der Waals surface area contributed by atoms with E-state index in [-0.39, 0.29) is 102 Å². The molecule has 0 radical (unpaired) electrons. The number of piperidine rings is 3. The van der Waals surface area contributed by atoms with E-state index in [1.807, 2.05) is 36.6 Å². The first kappa shape index (κ1) is 73.8. The largest absolute Gasteiger partial charge is 0.493 e. The van der Waals surface area contributed by atoms with Gasteiger partial charge in [-0.05, 0) is 133 Å². The summed E-state index contributed by atoms with van der Waals surface area (Å²) in [6.07, 6.45) is 16.0. The van der Waals surface area contributed by atoms with Crippen LogP contribution in [0.4, 0.5) is 52.5 Å². The molecule has 4 N–H and O–H groups in total. The van der Waals surface area contributed by atoms with E-state index in [9.17, 15) is 22.8 Å². The molecule has 6 saturated heterocycles. The molecule has 3 unspecified atom stereocenters. The molecule has 9 aromatic rings. The standard InChI is InChI=1S/C27H29Cl2FN4O4.C25H23Cl2FN4O3.C22H21Cl2FN4O2/c1-27(2,3)38-26(35)34-14-5-6-15(34)10-16(9-14)37-22-11-17-20(12-21(22)36-4)31-13-32-25(17)33-19-8-7-18(28)23(29)24(19)30;1-3-22(33)32-13-4-5-14(32)9-15(8-13)35-21-10-16-19(11-20(21)34-2)29-12-30-25(16)31-18-7-6-17(26)23(27)24(18)28;1-30-18-9-17-14(8-19(18)31-13-6-11-2-3-12(7-13)28-11)22(27-10-26-17)29-16-5-4-15(23)20(24)21(16)25/h7-8,11-16H,5-6,9-10H2,1-4H3,(H,31,32,33);3,6-7,10-15H,1,4-5,8-9H2,2H3,(H,29,30,31);4-5,8-13,28H,2-3,6-7H2,1H3,(H,26,27,29)/t14-,15+,16?;13-,14+,15?;11-,12+,13?. The maximum atomic E-state index is 14.7. The van der Waals surface area contributed by atoms with Crippen LogP contribution in [0.5, 0.6) is 34.5 Å². The third-order valence-electron chi connectivity index (χ3n) is 19.4. The van der Waals surface area contributed by atoms with Crippen LogP contribution in [0.1, 0.15) is 97.8 Å². The highest BCUT2D eigenvalue weighted by Crippen LogP contribution is 2.46. The minimum atomic E-state index is -0.678. The van der Waals surface area contributed by atoms with Crippen LogP contribution >= 0.6 is 69.6 Å². The second-order valence-corrected chi connectivity index (χ2v) is 29.5. The number of aromatic nitrogens is 6. The molecular weight excluding hydrogens is 1470 g/mol. The minimum Gasteiger partial charge on any atom is -0.493 e. The smallest absolute Gasteiger partial charge is 0.410 e. The number of nitrogens with one attached hydrogen (secondary N) is 4. The molecule has 6 bridgehead atoms. The lowest BCUT2D eigenvalue weighted by atomic mass is 9.99. The topological polar surface area (TPSA) is 231 Å². The molecule has 21 nitrogen and oxygen atoms in total. The predicted molar refractivity (Wildman–Crippen MR) is 397 cm³/mol. The Morgan fingerprint density at radius 1 is 0.481 bits per heavy atom. The van der Waals surface area contributed by atoms with Crippen LogP contribution in [0, 0.1) is 17.5 Å². The third kappa shape index (κ3) is 15.9. The molecule has 104 heavy (non-hydrogen) atoms. The van der Waals surface area contributed by atoms with Gasteiger partial charge in [0.2, 0.25) is 5.91 Å². The average Bonchev–Trinajstić information content (AvgIpc) is 1.19. The highest BCUT2D eigenvalue weighted by atomic mass is 35.5. The van der Waals surface area contributed by atoms with Crippen molar-refractivity contribution in [1.29, 1.82) is 0 Å². The summed E-state index contributed by atoms with van der Waals surface area (Å²) in [6.45, 7) is 9.25. The maximum Gasteiger partial charge on any atom is 0.410 e. The van der Waals surface area contributed by atoms with Gasteiger partial charge in [0.05, 0.1) is 85.1 Å². The average molecular weight is 1540 g/mol. The number of fused-ring (bicyclic) bond motifs is 9. The zero-order chi connectivity index (χ0) is 73.4. The zero-order valence-electron chi connectivity index (χ0n) is 57.3. The fourth-order valence-corrected chi connectivity index (χ4v) is 15.6. The molecule has 30 heteroatoms. The second kappa shape index (κ2) is 31.3. The van der Waals surface area contributed by atoms with E-state index >= 15 is 0 Å². The minimum absolute atomic E-state index is 0.0263. The van der Waals surface area contributed by atoms with Crippen LogP contribution in [0.15, 0.2) is 104 Å². The van der Waals surface area contributed by atoms with Gasteiger partial charge in [-0.1, -0.05) is 76.2 Å². The highest BCUT2D eigenvalue weighted by Gasteiger charge is 2.47. The number of hydrogen-bond acceptors (Lipinski definition) is 19. The van der Waals surface area contributed by atoms with Gasteiger partial charge in [-0.25, -0.2) is 47.9 Å². The van der Waals surface area contributed by atoms with Crippen molar-refractivity contribution in [3.63, 3.8) is 0 Å². The molecule has 6 aliphatic heterocycles. The number of carbonyl (C=O) groups excluding carboxylic acids is 2. The molecule has 6 aliphatic rings. The number of rotatable bonds is 16. The predicted octanol–water partition coefficient (Wildman–Crippen LogP) is 18.5. The molecule has 9 atom stereocenters. The molecule has 546 valence electrons. The fourth-order valence-electron chi connectivity index (χ4n) is 14.7. The van der Waals surface area contributed by atoms with Gasteiger partial charge in [0.15, 0.2) is 51.9 Å². The summed E-state index contributed by atoms with van der Waals surface area (Å²) in [5.41, 5.74) is 1.72. The lowest BCUT2D eigenvalue weighted by Gasteiger charge is -2.39. The Labute approximate surface area is 627 Å². The maximum absolute atomic E-state index is 14.7. The molecule has 6 aromatic carbocycles. The van der Waals surface area contributed by atoms with Crippen molar-refractivity contribution in [2.24, 2.45) is 0 Å². The summed E-state index contributed by atoms with van der Waals surface area (Å²) in [7, 11) is 4.73. The van der Waals surface area contributed by atoms with Crippen LogP contribution in [0.2, 0.25) is 30.1 Å². The van der Waals surface area contributed by atoms with Gasteiger partial charge in [0.25, 0.3) is 0 Å². The Bertz CT molecular complexity index is 4740. The van der Waals surface area contributed by atoms with Crippen molar-refractivity contribution < 1.29 is 55.9 Å². The zero-order valence-corrected chi connectivity index (χ0v) is 61.8. The molecule has 6 fully saturated rings. The van der Waals surface area contributed by atoms with Gasteiger partial charge in [-0.15, -0.1) is 0 Å². The van der Waals surface area contributed by atoms with Crippen LogP contribution in [-0.2, 0) is 9.53 Å². The molecular formula is C74H73Cl6F3N12O9. The van der Waals surface area contributed by atoms with Crippen molar-refractivity contribution in [1.82, 2.24) is 45.0 Å². The Balaban J connectivity index is 0.000000139. The van der Waals surface area contributed by atoms with Gasteiger partial charge < -0.3 is 64.2 Å². The number of amides is 2. The number of methoxy groups -OCH3 is 3. The third-order valence-corrected chi connectivity index (χ3v) is 21.7. The van der Waals surface area contributed by atoms with Gasteiger partial charge in [-0.3, -0.25) is 4.79 Å². The lowest BCUT2D eigenvalue weighted by Crippen LogP contribution is -2.50. The van der Waals surface area contributed by atoms with Crippen LogP contribution in [0.3, 0.4) is 0 Å². The van der Waals surface area contributed by atoms with E-state index < -0.39 is 23.1 Å². The van der Waals surface area contributed by atoms with Crippen LogP contribution < -0.4 is 49.7 Å². The number of benzene rings is 6. The first-order valence-corrected chi connectivity index (χ1v) is 36.1. The van der Waals surface area contributed by atoms with Crippen LogP contribution in [0.25, 0.3) is 32.7 Å². The lowest BCUT2D eigenvalue weighted by molar-refractivity contribution is -0.131. The van der Waals surface area contributed by atoms with Crippen molar-refractivity contribution in [2.45, 2.75) is 158 Å². The summed E-state index contributed by atoms with van der Waals surface area (Å²) in [6, 6.07) is 21.2. The number of carbonyl (C=O) groups is 2. The number of halogens is 9. The molecule has 0 aliphatic carbocycles. The molecule has 0 saturated carbocycles. The molecule has 3 aromatic heterocycles. The van der Waals surface area contributed by atoms with E-state index in [1.54, 1.807) is 51.7 Å². The van der Waals surface area contributed by atoms with Gasteiger partial charge in [0.1, 0.15) is 60.3 Å². The Kier molecular flexibility index (Phi) is 22.2. The Morgan fingerprint density at radius 3 is 1.12 bits per heavy atom. The number of hydrogen-bond donors (Lipinski definition) is 4. The van der Waals surface area contributed by atoms with Gasteiger partial charge in [0, 0.05) is 96.3 Å². The monoisotopic (exact) mass is 1540 g/mol. The SMILES string of the molecule is C=CC(=O)N1[C@@H]2CC[C@H]1CC(Oc1cc3c(Nc4ccc(Cl)c(Cl)c4F)ncnc3cc1OC)C2.COc1cc2ncnc(Nc3ccc(Cl)c(Cl)c3F)c2cc1OC1C[C@H]2CC[C@@H](C1)N2.COc1cc2ncnc(Nc3ccc(Cl)c(Cl)c3F)c2cc1OC1C[C@H]2CC[C@@H](C1)N2C(=O)OC(C)(C)C. The number of anilines is 6.